The summed E-state index contributed by atoms with van der Waals surface area (Å²) in [4.78, 5) is 19.9. The van der Waals surface area contributed by atoms with Crippen molar-refractivity contribution in [3.63, 3.8) is 0 Å². The Morgan fingerprint density at radius 1 is 1.24 bits per heavy atom. The van der Waals surface area contributed by atoms with Crippen molar-refractivity contribution in [1.82, 2.24) is 30.1 Å². The molecule has 3 atom stereocenters. The monoisotopic (exact) mass is 499 g/mol. The van der Waals surface area contributed by atoms with Crippen LogP contribution in [0.1, 0.15) is 37.4 Å². The Balaban J connectivity index is 1.41. The van der Waals surface area contributed by atoms with Gasteiger partial charge >= 0.3 is 0 Å². The third-order valence-corrected chi connectivity index (χ3v) is 7.04. The summed E-state index contributed by atoms with van der Waals surface area (Å²) in [5, 5.41) is 13.8. The minimum atomic E-state index is -0.975. The van der Waals surface area contributed by atoms with E-state index >= 15 is 0 Å². The van der Waals surface area contributed by atoms with Crippen molar-refractivity contribution < 1.29 is 9.18 Å². The Labute approximate surface area is 215 Å². The van der Waals surface area contributed by atoms with Gasteiger partial charge in [0.1, 0.15) is 17.5 Å². The molecule has 1 aliphatic carbocycles. The number of hydrogen-bond donors (Lipinski definition) is 2. The first-order chi connectivity index (χ1) is 17.9. The van der Waals surface area contributed by atoms with Gasteiger partial charge in [-0.05, 0) is 37.6 Å². The van der Waals surface area contributed by atoms with E-state index in [4.69, 9.17) is 5.10 Å². The number of nitrogens with zero attached hydrogens (tertiary/aromatic N) is 5. The molecule has 190 valence electrons. The van der Waals surface area contributed by atoms with Gasteiger partial charge in [-0.1, -0.05) is 30.3 Å². The number of carbonyl (C=O) groups is 1. The van der Waals surface area contributed by atoms with Crippen LogP contribution in [0.15, 0.2) is 83.6 Å². The quantitative estimate of drug-likeness (QED) is 0.519. The van der Waals surface area contributed by atoms with E-state index in [1.807, 2.05) is 37.4 Å². The predicted octanol–water partition coefficient (Wildman–Crippen LogP) is 3.65. The van der Waals surface area contributed by atoms with E-state index in [9.17, 15) is 9.18 Å². The summed E-state index contributed by atoms with van der Waals surface area (Å²) in [5.41, 5.74) is 5.08. The van der Waals surface area contributed by atoms with Crippen molar-refractivity contribution in [2.24, 2.45) is 5.10 Å². The van der Waals surface area contributed by atoms with Gasteiger partial charge in [0.15, 0.2) is 6.17 Å². The number of fused-ring (bicyclic) bond motifs is 2. The minimum absolute atomic E-state index is 0.217. The molecule has 0 bridgehead atoms. The normalized spacial score (nSPS) is 22.2. The lowest BCUT2D eigenvalue weighted by atomic mass is 10.1. The predicted molar refractivity (Wildman–Crippen MR) is 141 cm³/mol. The molecule has 2 aromatic heterocycles. The van der Waals surface area contributed by atoms with Crippen LogP contribution < -0.4 is 10.6 Å². The molecule has 2 aliphatic heterocycles. The number of alkyl halides is 1. The fraction of sp³-hybridized carbons (Fsp3) is 0.321. The first-order valence-electron chi connectivity index (χ1n) is 12.6. The van der Waals surface area contributed by atoms with Crippen LogP contribution in [0, 0.1) is 0 Å². The largest absolute Gasteiger partial charge is 0.370 e. The molecule has 1 amide bonds. The standard InChI is InChI=1S/C28H30FN7O/c1-17(2)35-16-20(19-10-7-11-30-26(19)35)22-13-24(34(3)15-18-8-5-4-6-9-18)27-31-14-25(36(27)33-22)28(37)32-23-12-21(23)29/h4-11,13-14,16-17,21,23,27,31H,12,15H2,1-3H3,(H,32,37). The molecule has 2 N–H and O–H groups in total. The van der Waals surface area contributed by atoms with Crippen molar-refractivity contribution in [2.45, 2.75) is 51.2 Å². The van der Waals surface area contributed by atoms with Gasteiger partial charge in [0.2, 0.25) is 0 Å². The summed E-state index contributed by atoms with van der Waals surface area (Å²) in [5.74, 6) is -0.332. The first-order valence-corrected chi connectivity index (χ1v) is 12.6. The maximum Gasteiger partial charge on any atom is 0.271 e. The molecule has 8 nitrogen and oxygen atoms in total. The number of pyridine rings is 1. The molecule has 0 saturated heterocycles. The second-order valence-corrected chi connectivity index (χ2v) is 10.1. The van der Waals surface area contributed by atoms with Crippen LogP contribution in [-0.4, -0.2) is 56.5 Å². The highest BCUT2D eigenvalue weighted by atomic mass is 19.1. The van der Waals surface area contributed by atoms with Crippen LogP contribution in [0.3, 0.4) is 0 Å². The van der Waals surface area contributed by atoms with Crippen LogP contribution in [0.25, 0.3) is 11.0 Å². The van der Waals surface area contributed by atoms with Crippen molar-refractivity contribution in [3.8, 4) is 0 Å². The zero-order valence-corrected chi connectivity index (χ0v) is 21.1. The van der Waals surface area contributed by atoms with E-state index < -0.39 is 12.2 Å². The molecule has 0 spiro atoms. The highest BCUT2D eigenvalue weighted by Crippen LogP contribution is 2.32. The van der Waals surface area contributed by atoms with Gasteiger partial charge in [0.25, 0.3) is 5.91 Å². The van der Waals surface area contributed by atoms with Crippen LogP contribution in [0.4, 0.5) is 4.39 Å². The van der Waals surface area contributed by atoms with Gasteiger partial charge in [0.05, 0.1) is 17.5 Å². The number of rotatable bonds is 7. The number of amides is 1. The first kappa shape index (κ1) is 23.3. The summed E-state index contributed by atoms with van der Waals surface area (Å²) in [6.45, 7) is 4.93. The average Bonchev–Trinajstić information content (AvgIpc) is 3.28. The Bertz CT molecular complexity index is 1440. The summed E-state index contributed by atoms with van der Waals surface area (Å²) < 4.78 is 15.7. The molecular weight excluding hydrogens is 469 g/mol. The number of aromatic nitrogens is 2. The van der Waals surface area contributed by atoms with Crippen molar-refractivity contribution in [3.05, 3.63) is 89.7 Å². The summed E-state index contributed by atoms with van der Waals surface area (Å²) >= 11 is 0. The molecular formula is C28H30FN7O. The van der Waals surface area contributed by atoms with Crippen molar-refractivity contribution in [1.29, 1.82) is 0 Å². The van der Waals surface area contributed by atoms with Crippen molar-refractivity contribution in [2.75, 3.05) is 7.05 Å². The second-order valence-electron chi connectivity index (χ2n) is 10.1. The molecule has 3 aliphatic rings. The van der Waals surface area contributed by atoms with Gasteiger partial charge in [-0.3, -0.25) is 4.79 Å². The van der Waals surface area contributed by atoms with Gasteiger partial charge in [-0.2, -0.15) is 5.10 Å². The lowest BCUT2D eigenvalue weighted by Gasteiger charge is -2.35. The van der Waals surface area contributed by atoms with Crippen LogP contribution >= 0.6 is 0 Å². The van der Waals surface area contributed by atoms with E-state index in [1.165, 1.54) is 5.56 Å². The number of nitrogens with one attached hydrogen (secondary N) is 2. The maximum atomic E-state index is 13.5. The number of hydrogen-bond acceptors (Lipinski definition) is 6. The Morgan fingerprint density at radius 2 is 2.03 bits per heavy atom. The number of allylic oxidation sites excluding steroid dienone is 1. The van der Waals surface area contributed by atoms with Gasteiger partial charge in [-0.25, -0.2) is 14.4 Å². The third-order valence-electron chi connectivity index (χ3n) is 7.04. The minimum Gasteiger partial charge on any atom is -0.370 e. The lowest BCUT2D eigenvalue weighted by Crippen LogP contribution is -2.46. The fourth-order valence-electron chi connectivity index (χ4n) is 4.92. The number of carbonyl (C=O) groups excluding carboxylic acids is 1. The van der Waals surface area contributed by atoms with Crippen LogP contribution in [0.5, 0.6) is 0 Å². The Kier molecular flexibility index (Phi) is 5.70. The molecule has 1 saturated carbocycles. The Hall–Kier alpha value is -4.14. The van der Waals surface area contributed by atoms with E-state index in [1.54, 1.807) is 17.4 Å². The van der Waals surface area contributed by atoms with E-state index in [0.717, 1.165) is 28.0 Å². The molecule has 9 heteroatoms. The summed E-state index contributed by atoms with van der Waals surface area (Å²) in [6, 6.07) is 14.0. The van der Waals surface area contributed by atoms with Gasteiger partial charge in [0, 0.05) is 55.6 Å². The second kappa shape index (κ2) is 9.06. The topological polar surface area (TPSA) is 77.8 Å². The smallest absolute Gasteiger partial charge is 0.271 e. The summed E-state index contributed by atoms with van der Waals surface area (Å²) in [6.07, 6.45) is 6.66. The maximum absolute atomic E-state index is 13.5. The number of benzene rings is 1. The molecule has 37 heavy (non-hydrogen) atoms. The highest BCUT2D eigenvalue weighted by molar-refractivity contribution is 6.16. The molecule has 0 radical (unpaired) electrons. The molecule has 3 aromatic rings. The van der Waals surface area contributed by atoms with Crippen LogP contribution in [-0.2, 0) is 11.3 Å². The fourth-order valence-corrected chi connectivity index (χ4v) is 4.92. The zero-order chi connectivity index (χ0) is 25.7. The molecule has 6 rings (SSSR count). The van der Waals surface area contributed by atoms with E-state index in [-0.39, 0.29) is 18.1 Å². The Morgan fingerprint density at radius 3 is 2.76 bits per heavy atom. The highest BCUT2D eigenvalue weighted by Gasteiger charge is 2.42. The number of halogens is 1. The molecule has 1 aromatic carbocycles. The third kappa shape index (κ3) is 4.24. The summed E-state index contributed by atoms with van der Waals surface area (Å²) in [7, 11) is 2.04. The molecule has 3 unspecified atom stereocenters. The zero-order valence-electron chi connectivity index (χ0n) is 21.1. The number of likely N-dealkylation sites (N-methyl/N-ethyl adjacent to an activating group) is 1. The molecule has 4 heterocycles. The SMILES string of the molecule is CC(C)n1cc(C2=NN3C(C(=O)NC4CC4F)=CNC3C(N(C)Cc3ccccc3)=C2)c2cccnc21. The lowest BCUT2D eigenvalue weighted by molar-refractivity contribution is -0.119. The number of hydrazone groups is 1. The van der Waals surface area contributed by atoms with Gasteiger partial charge in [-0.15, -0.1) is 0 Å². The molecule has 1 fully saturated rings. The van der Waals surface area contributed by atoms with Crippen LogP contribution in [0.2, 0.25) is 0 Å². The van der Waals surface area contributed by atoms with Crippen molar-refractivity contribution >= 4 is 22.7 Å². The van der Waals surface area contributed by atoms with E-state index in [0.29, 0.717) is 18.7 Å². The van der Waals surface area contributed by atoms with E-state index in [2.05, 4.69) is 63.3 Å². The van der Waals surface area contributed by atoms with Gasteiger partial charge < -0.3 is 20.1 Å². The average molecular weight is 500 g/mol.